The van der Waals surface area contributed by atoms with E-state index in [-0.39, 0.29) is 0 Å². The number of aromatic nitrogens is 4. The van der Waals surface area contributed by atoms with Crippen molar-refractivity contribution >= 4 is 43.7 Å². The minimum Gasteiger partial charge on any atom is -0.455 e. The number of para-hydroxylation sites is 2. The van der Waals surface area contributed by atoms with Crippen molar-refractivity contribution in [2.24, 2.45) is 0 Å². The zero-order chi connectivity index (χ0) is 33.0. The molecule has 0 radical (unpaired) electrons. The summed E-state index contributed by atoms with van der Waals surface area (Å²) in [5, 5.41) is 4.48. The SMILES string of the molecule is c1ccc(-c2nc(-c3ccccc3)nc(-c3cccc4c3oc3cccc(-n5c6ccccc6c6c(-c7ccccc7)cccc65)c34)n2)cc1. The Bertz CT molecular complexity index is 2800. The third-order valence-electron chi connectivity index (χ3n) is 9.46. The maximum Gasteiger partial charge on any atom is 0.167 e. The molecule has 0 atom stereocenters. The van der Waals surface area contributed by atoms with Gasteiger partial charge in [-0.2, -0.15) is 0 Å². The van der Waals surface area contributed by atoms with Crippen LogP contribution < -0.4 is 0 Å². The second kappa shape index (κ2) is 11.4. The van der Waals surface area contributed by atoms with Crippen LogP contribution in [0.2, 0.25) is 0 Å². The highest BCUT2D eigenvalue weighted by molar-refractivity contribution is 6.18. The molecule has 0 saturated carbocycles. The fourth-order valence-corrected chi connectivity index (χ4v) is 7.26. The molecule has 0 unspecified atom stereocenters. The standard InChI is InChI=1S/C45H28N4O/c1-4-15-29(16-5-1)32-22-13-26-37-40(32)33-21-10-11-25-36(33)49(37)38-27-14-28-39-41(38)34-23-12-24-35(42(34)50-39)45-47-43(30-17-6-2-7-18-30)46-44(48-45)31-19-8-3-9-20-31/h1-28H. The third-order valence-corrected chi connectivity index (χ3v) is 9.46. The first-order valence-corrected chi connectivity index (χ1v) is 16.7. The van der Waals surface area contributed by atoms with E-state index >= 15 is 0 Å². The first kappa shape index (κ1) is 28.2. The molecule has 234 valence electrons. The Hall–Kier alpha value is -6.85. The normalized spacial score (nSPS) is 11.6. The molecule has 0 saturated heterocycles. The summed E-state index contributed by atoms with van der Waals surface area (Å²) >= 11 is 0. The Morgan fingerprint density at radius 1 is 0.380 bits per heavy atom. The molecule has 3 heterocycles. The highest BCUT2D eigenvalue weighted by Gasteiger charge is 2.22. The van der Waals surface area contributed by atoms with Crippen LogP contribution in [0.5, 0.6) is 0 Å². The monoisotopic (exact) mass is 640 g/mol. The van der Waals surface area contributed by atoms with Crippen LogP contribution in [0.1, 0.15) is 0 Å². The van der Waals surface area contributed by atoms with E-state index in [9.17, 15) is 0 Å². The molecule has 0 aliphatic rings. The summed E-state index contributed by atoms with van der Waals surface area (Å²) in [6, 6.07) is 58.5. The Morgan fingerprint density at radius 2 is 0.920 bits per heavy atom. The topological polar surface area (TPSA) is 56.7 Å². The van der Waals surface area contributed by atoms with Gasteiger partial charge >= 0.3 is 0 Å². The molecule has 50 heavy (non-hydrogen) atoms. The maximum atomic E-state index is 6.77. The van der Waals surface area contributed by atoms with Gasteiger partial charge in [0.15, 0.2) is 17.5 Å². The lowest BCUT2D eigenvalue weighted by Gasteiger charge is -2.10. The number of fused-ring (bicyclic) bond motifs is 6. The molecule has 10 aromatic rings. The lowest BCUT2D eigenvalue weighted by molar-refractivity contribution is 0.669. The quantitative estimate of drug-likeness (QED) is 0.188. The van der Waals surface area contributed by atoms with Crippen molar-refractivity contribution in [1.29, 1.82) is 0 Å². The zero-order valence-corrected chi connectivity index (χ0v) is 26.9. The van der Waals surface area contributed by atoms with E-state index in [1.165, 1.54) is 21.9 Å². The smallest absolute Gasteiger partial charge is 0.167 e. The van der Waals surface area contributed by atoms with E-state index in [2.05, 4.69) is 102 Å². The van der Waals surface area contributed by atoms with Gasteiger partial charge in [0.2, 0.25) is 0 Å². The maximum absolute atomic E-state index is 6.77. The lowest BCUT2D eigenvalue weighted by atomic mass is 9.99. The molecule has 0 spiro atoms. The van der Waals surface area contributed by atoms with Crippen LogP contribution in [0.15, 0.2) is 174 Å². The van der Waals surface area contributed by atoms with Crippen molar-refractivity contribution in [3.05, 3.63) is 170 Å². The molecule has 0 fully saturated rings. The average molecular weight is 641 g/mol. The van der Waals surface area contributed by atoms with Crippen molar-refractivity contribution in [3.63, 3.8) is 0 Å². The van der Waals surface area contributed by atoms with Gasteiger partial charge in [-0.05, 0) is 41.5 Å². The molecule has 7 aromatic carbocycles. The Kier molecular flexibility index (Phi) is 6.42. The number of hydrogen-bond acceptors (Lipinski definition) is 4. The number of nitrogens with zero attached hydrogens (tertiary/aromatic N) is 4. The molecule has 5 nitrogen and oxygen atoms in total. The summed E-state index contributed by atoms with van der Waals surface area (Å²) < 4.78 is 9.15. The van der Waals surface area contributed by atoms with Crippen molar-refractivity contribution in [2.75, 3.05) is 0 Å². The Morgan fingerprint density at radius 3 is 1.64 bits per heavy atom. The van der Waals surface area contributed by atoms with Crippen molar-refractivity contribution in [2.45, 2.75) is 0 Å². The van der Waals surface area contributed by atoms with Crippen LogP contribution in [0.3, 0.4) is 0 Å². The molecule has 0 N–H and O–H groups in total. The predicted molar refractivity (Wildman–Crippen MR) is 203 cm³/mol. The Labute approximate surface area is 287 Å². The second-order valence-electron chi connectivity index (χ2n) is 12.4. The summed E-state index contributed by atoms with van der Waals surface area (Å²) in [4.78, 5) is 15.0. The van der Waals surface area contributed by atoms with Gasteiger partial charge in [0.05, 0.1) is 27.7 Å². The van der Waals surface area contributed by atoms with Gasteiger partial charge in [0.25, 0.3) is 0 Å². The summed E-state index contributed by atoms with van der Waals surface area (Å²) in [5.74, 6) is 1.79. The molecular formula is C45H28N4O. The van der Waals surface area contributed by atoms with E-state index in [1.807, 2.05) is 72.8 Å². The number of benzene rings is 7. The minimum atomic E-state index is 0.563. The zero-order valence-electron chi connectivity index (χ0n) is 26.9. The summed E-state index contributed by atoms with van der Waals surface area (Å²) in [5.41, 5.74) is 9.95. The van der Waals surface area contributed by atoms with Crippen LogP contribution in [0.25, 0.3) is 94.7 Å². The van der Waals surface area contributed by atoms with E-state index in [4.69, 9.17) is 19.4 Å². The van der Waals surface area contributed by atoms with Gasteiger partial charge in [-0.3, -0.25) is 0 Å². The molecule has 0 bridgehead atoms. The third kappa shape index (κ3) is 4.45. The minimum absolute atomic E-state index is 0.563. The lowest BCUT2D eigenvalue weighted by Crippen LogP contribution is -2.00. The fourth-order valence-electron chi connectivity index (χ4n) is 7.26. The van der Waals surface area contributed by atoms with E-state index in [0.717, 1.165) is 55.3 Å². The highest BCUT2D eigenvalue weighted by Crippen LogP contribution is 2.43. The largest absolute Gasteiger partial charge is 0.455 e. The molecule has 0 aliphatic heterocycles. The van der Waals surface area contributed by atoms with Crippen LogP contribution in [0, 0.1) is 0 Å². The summed E-state index contributed by atoms with van der Waals surface area (Å²) in [6.07, 6.45) is 0. The highest BCUT2D eigenvalue weighted by atomic mass is 16.3. The molecule has 0 aliphatic carbocycles. The fraction of sp³-hybridized carbons (Fsp3) is 0. The van der Waals surface area contributed by atoms with Crippen molar-refractivity contribution in [3.8, 4) is 51.0 Å². The predicted octanol–water partition coefficient (Wildman–Crippen LogP) is 11.5. The average Bonchev–Trinajstić information content (AvgIpc) is 3.75. The second-order valence-corrected chi connectivity index (χ2v) is 12.4. The van der Waals surface area contributed by atoms with Gasteiger partial charge in [0.1, 0.15) is 11.2 Å². The summed E-state index contributed by atoms with van der Waals surface area (Å²) in [6.45, 7) is 0. The molecular weight excluding hydrogens is 613 g/mol. The van der Waals surface area contributed by atoms with Crippen LogP contribution in [0.4, 0.5) is 0 Å². The van der Waals surface area contributed by atoms with Gasteiger partial charge in [0, 0.05) is 27.3 Å². The van der Waals surface area contributed by atoms with Crippen LogP contribution >= 0.6 is 0 Å². The van der Waals surface area contributed by atoms with Crippen LogP contribution in [-0.2, 0) is 0 Å². The van der Waals surface area contributed by atoms with Crippen LogP contribution in [-0.4, -0.2) is 19.5 Å². The first-order chi connectivity index (χ1) is 24.8. The molecule has 3 aromatic heterocycles. The van der Waals surface area contributed by atoms with E-state index in [0.29, 0.717) is 17.5 Å². The number of furan rings is 1. The number of hydrogen-bond donors (Lipinski definition) is 0. The van der Waals surface area contributed by atoms with Gasteiger partial charge < -0.3 is 8.98 Å². The van der Waals surface area contributed by atoms with Gasteiger partial charge in [-0.15, -0.1) is 0 Å². The van der Waals surface area contributed by atoms with Crippen molar-refractivity contribution in [1.82, 2.24) is 19.5 Å². The van der Waals surface area contributed by atoms with E-state index < -0.39 is 0 Å². The molecule has 10 rings (SSSR count). The molecule has 5 heteroatoms. The van der Waals surface area contributed by atoms with E-state index in [1.54, 1.807) is 0 Å². The van der Waals surface area contributed by atoms with Gasteiger partial charge in [-0.25, -0.2) is 15.0 Å². The Balaban J connectivity index is 1.24. The number of rotatable bonds is 5. The van der Waals surface area contributed by atoms with Crippen molar-refractivity contribution < 1.29 is 4.42 Å². The molecule has 0 amide bonds. The van der Waals surface area contributed by atoms with Gasteiger partial charge in [-0.1, -0.05) is 140 Å². The first-order valence-electron chi connectivity index (χ1n) is 16.7. The summed E-state index contributed by atoms with van der Waals surface area (Å²) in [7, 11) is 0.